The Labute approximate surface area is 74.9 Å². The number of aryl methyl sites for hydroxylation is 1. The standard InChI is InChI=1S/C9H8FNO2/c1-6-3-7(13-2)4-8(10)9(6)11-5-12/h3-4H,1-2H3. The summed E-state index contributed by atoms with van der Waals surface area (Å²) in [5, 5.41) is 0. The summed E-state index contributed by atoms with van der Waals surface area (Å²) < 4.78 is 18.0. The van der Waals surface area contributed by atoms with Gasteiger partial charge in [0, 0.05) is 6.07 Å². The molecule has 0 N–H and O–H groups in total. The molecular weight excluding hydrogens is 173 g/mol. The Morgan fingerprint density at radius 2 is 2.23 bits per heavy atom. The van der Waals surface area contributed by atoms with Crippen molar-refractivity contribution in [3.05, 3.63) is 23.5 Å². The van der Waals surface area contributed by atoms with E-state index in [1.807, 2.05) is 0 Å². The SMILES string of the molecule is COc1cc(C)c(N=C=O)c(F)c1. The van der Waals surface area contributed by atoms with Gasteiger partial charge in [0.1, 0.15) is 11.4 Å². The largest absolute Gasteiger partial charge is 0.497 e. The molecule has 0 aromatic heterocycles. The molecule has 4 heteroatoms. The van der Waals surface area contributed by atoms with Crippen molar-refractivity contribution in [3.8, 4) is 5.75 Å². The summed E-state index contributed by atoms with van der Waals surface area (Å²) in [5.74, 6) is -0.181. The van der Waals surface area contributed by atoms with E-state index in [9.17, 15) is 9.18 Å². The van der Waals surface area contributed by atoms with E-state index in [2.05, 4.69) is 4.99 Å². The normalized spacial score (nSPS) is 9.15. The van der Waals surface area contributed by atoms with Gasteiger partial charge < -0.3 is 4.74 Å². The summed E-state index contributed by atoms with van der Waals surface area (Å²) in [7, 11) is 1.44. The van der Waals surface area contributed by atoms with Gasteiger partial charge in [-0.05, 0) is 18.6 Å². The van der Waals surface area contributed by atoms with Crippen LogP contribution in [0.3, 0.4) is 0 Å². The molecule has 13 heavy (non-hydrogen) atoms. The number of methoxy groups -OCH3 is 1. The quantitative estimate of drug-likeness (QED) is 0.517. The maximum absolute atomic E-state index is 13.1. The fourth-order valence-corrected chi connectivity index (χ4v) is 1.01. The van der Waals surface area contributed by atoms with E-state index in [1.165, 1.54) is 19.3 Å². The molecule has 0 aliphatic rings. The second-order valence-electron chi connectivity index (χ2n) is 2.48. The first kappa shape index (κ1) is 9.42. The highest BCUT2D eigenvalue weighted by Crippen LogP contribution is 2.27. The van der Waals surface area contributed by atoms with Crippen molar-refractivity contribution in [2.24, 2.45) is 4.99 Å². The van der Waals surface area contributed by atoms with E-state index in [0.717, 1.165) is 0 Å². The molecule has 1 aromatic carbocycles. The molecule has 0 atom stereocenters. The van der Waals surface area contributed by atoms with Gasteiger partial charge in [0.25, 0.3) is 0 Å². The summed E-state index contributed by atoms with van der Waals surface area (Å²) in [6, 6.07) is 2.77. The Hall–Kier alpha value is -1.67. The lowest BCUT2D eigenvalue weighted by Gasteiger charge is -2.03. The Morgan fingerprint density at radius 3 is 2.69 bits per heavy atom. The minimum atomic E-state index is -0.583. The lowest BCUT2D eigenvalue weighted by Crippen LogP contribution is -1.87. The number of aliphatic imine (C=N–C) groups is 1. The minimum absolute atomic E-state index is 0.0100. The third kappa shape index (κ3) is 1.92. The van der Waals surface area contributed by atoms with Crippen LogP contribution < -0.4 is 4.74 Å². The number of benzene rings is 1. The number of carbonyl (C=O) groups excluding carboxylic acids is 1. The van der Waals surface area contributed by atoms with E-state index in [-0.39, 0.29) is 5.69 Å². The van der Waals surface area contributed by atoms with Crippen molar-refractivity contribution in [2.45, 2.75) is 6.92 Å². The Balaban J connectivity index is 3.30. The molecule has 1 aromatic rings. The number of ether oxygens (including phenoxy) is 1. The number of hydrogen-bond donors (Lipinski definition) is 0. The zero-order chi connectivity index (χ0) is 9.84. The monoisotopic (exact) mass is 181 g/mol. The summed E-state index contributed by atoms with van der Waals surface area (Å²) in [5.41, 5.74) is 0.552. The molecule has 1 rings (SSSR count). The predicted octanol–water partition coefficient (Wildman–Crippen LogP) is 2.11. The molecule has 0 heterocycles. The maximum atomic E-state index is 13.1. The lowest BCUT2D eigenvalue weighted by molar-refractivity contribution is 0.411. The molecule has 0 saturated heterocycles. The molecule has 0 unspecified atom stereocenters. The van der Waals surface area contributed by atoms with Crippen molar-refractivity contribution < 1.29 is 13.9 Å². The van der Waals surface area contributed by atoms with Gasteiger partial charge >= 0.3 is 0 Å². The minimum Gasteiger partial charge on any atom is -0.497 e. The lowest BCUT2D eigenvalue weighted by atomic mass is 10.2. The molecule has 0 bridgehead atoms. The van der Waals surface area contributed by atoms with Gasteiger partial charge in [-0.3, -0.25) is 0 Å². The highest BCUT2D eigenvalue weighted by atomic mass is 19.1. The molecule has 68 valence electrons. The fraction of sp³-hybridized carbons (Fsp3) is 0.222. The van der Waals surface area contributed by atoms with Crippen LogP contribution in [0.5, 0.6) is 5.75 Å². The van der Waals surface area contributed by atoms with Crippen LogP contribution in [0.15, 0.2) is 17.1 Å². The average Bonchev–Trinajstić information content (AvgIpc) is 2.11. The van der Waals surface area contributed by atoms with Crippen molar-refractivity contribution in [1.29, 1.82) is 0 Å². The first-order valence-electron chi connectivity index (χ1n) is 3.61. The van der Waals surface area contributed by atoms with E-state index in [0.29, 0.717) is 11.3 Å². The van der Waals surface area contributed by atoms with Gasteiger partial charge in [0.05, 0.1) is 7.11 Å². The molecule has 0 aliphatic carbocycles. The van der Waals surface area contributed by atoms with Crippen LogP contribution in [-0.4, -0.2) is 13.2 Å². The molecular formula is C9H8FNO2. The van der Waals surface area contributed by atoms with Crippen molar-refractivity contribution >= 4 is 11.8 Å². The Kier molecular flexibility index (Phi) is 2.77. The number of nitrogens with zero attached hydrogens (tertiary/aromatic N) is 1. The van der Waals surface area contributed by atoms with E-state index >= 15 is 0 Å². The van der Waals surface area contributed by atoms with Gasteiger partial charge in [-0.25, -0.2) is 9.18 Å². The zero-order valence-electron chi connectivity index (χ0n) is 7.30. The fourth-order valence-electron chi connectivity index (χ4n) is 1.01. The summed E-state index contributed by atoms with van der Waals surface area (Å²) in [6.07, 6.45) is 1.30. The summed E-state index contributed by atoms with van der Waals surface area (Å²) >= 11 is 0. The molecule has 0 radical (unpaired) electrons. The van der Waals surface area contributed by atoms with Gasteiger partial charge in [-0.1, -0.05) is 0 Å². The van der Waals surface area contributed by atoms with Crippen molar-refractivity contribution in [1.82, 2.24) is 0 Å². The van der Waals surface area contributed by atoms with Crippen LogP contribution in [0.2, 0.25) is 0 Å². The predicted molar refractivity (Wildman–Crippen MR) is 45.5 cm³/mol. The number of rotatable bonds is 2. The van der Waals surface area contributed by atoms with Crippen molar-refractivity contribution in [2.75, 3.05) is 7.11 Å². The van der Waals surface area contributed by atoms with Gasteiger partial charge in [0.2, 0.25) is 6.08 Å². The second kappa shape index (κ2) is 3.83. The third-order valence-corrected chi connectivity index (χ3v) is 1.62. The molecule has 0 aliphatic heterocycles. The Morgan fingerprint density at radius 1 is 1.54 bits per heavy atom. The van der Waals surface area contributed by atoms with Gasteiger partial charge in [-0.15, -0.1) is 0 Å². The van der Waals surface area contributed by atoms with Crippen LogP contribution in [0.25, 0.3) is 0 Å². The van der Waals surface area contributed by atoms with Crippen LogP contribution in [0, 0.1) is 12.7 Å². The highest BCUT2D eigenvalue weighted by Gasteiger charge is 2.06. The first-order chi connectivity index (χ1) is 6.19. The van der Waals surface area contributed by atoms with Crippen molar-refractivity contribution in [3.63, 3.8) is 0 Å². The number of halogens is 1. The third-order valence-electron chi connectivity index (χ3n) is 1.62. The summed E-state index contributed by atoms with van der Waals surface area (Å²) in [6.45, 7) is 1.64. The molecule has 3 nitrogen and oxygen atoms in total. The van der Waals surface area contributed by atoms with Crippen LogP contribution in [-0.2, 0) is 4.79 Å². The molecule has 0 spiro atoms. The summed E-state index contributed by atoms with van der Waals surface area (Å²) in [4.78, 5) is 13.2. The first-order valence-corrected chi connectivity index (χ1v) is 3.61. The van der Waals surface area contributed by atoms with E-state index in [1.54, 1.807) is 13.0 Å². The van der Waals surface area contributed by atoms with Gasteiger partial charge in [-0.2, -0.15) is 4.99 Å². The smallest absolute Gasteiger partial charge is 0.240 e. The topological polar surface area (TPSA) is 38.7 Å². The second-order valence-corrected chi connectivity index (χ2v) is 2.48. The highest BCUT2D eigenvalue weighted by molar-refractivity contribution is 5.56. The van der Waals surface area contributed by atoms with Crippen LogP contribution in [0.4, 0.5) is 10.1 Å². The van der Waals surface area contributed by atoms with E-state index in [4.69, 9.17) is 4.74 Å². The number of isocyanates is 1. The van der Waals surface area contributed by atoms with Gasteiger partial charge in [0.15, 0.2) is 5.82 Å². The average molecular weight is 181 g/mol. The zero-order valence-corrected chi connectivity index (χ0v) is 7.30. The molecule has 0 saturated carbocycles. The maximum Gasteiger partial charge on any atom is 0.240 e. The van der Waals surface area contributed by atoms with Crippen LogP contribution >= 0.6 is 0 Å². The van der Waals surface area contributed by atoms with E-state index < -0.39 is 5.82 Å². The molecule has 0 amide bonds. The van der Waals surface area contributed by atoms with Crippen LogP contribution in [0.1, 0.15) is 5.56 Å². The number of hydrogen-bond acceptors (Lipinski definition) is 3. The Bertz CT molecular complexity index is 347. The molecule has 0 fully saturated rings.